The van der Waals surface area contributed by atoms with Crippen LogP contribution >= 0.6 is 0 Å². The summed E-state index contributed by atoms with van der Waals surface area (Å²) >= 11 is 0. The highest BCUT2D eigenvalue weighted by Crippen LogP contribution is 2.25. The first kappa shape index (κ1) is 15.3. The number of aliphatic hydroxyl groups excluding tert-OH is 1. The lowest BCUT2D eigenvalue weighted by atomic mass is 10.1. The van der Waals surface area contributed by atoms with Crippen LogP contribution in [0.25, 0.3) is 0 Å². The van der Waals surface area contributed by atoms with Gasteiger partial charge in [-0.3, -0.25) is 4.79 Å². The Morgan fingerprint density at radius 3 is 2.63 bits per heavy atom. The molecule has 1 N–H and O–H groups in total. The highest BCUT2D eigenvalue weighted by atomic mass is 16.5. The summed E-state index contributed by atoms with van der Waals surface area (Å²) in [5.74, 6) is 1.42. The largest absolute Gasteiger partial charge is 0.497 e. The van der Waals surface area contributed by atoms with Crippen LogP contribution in [0.15, 0.2) is 18.2 Å². The monoisotopic (exact) mass is 267 g/mol. The first-order valence-corrected chi connectivity index (χ1v) is 6.18. The third kappa shape index (κ3) is 4.44. The van der Waals surface area contributed by atoms with Crippen molar-refractivity contribution in [3.8, 4) is 11.5 Å². The van der Waals surface area contributed by atoms with Crippen LogP contribution < -0.4 is 9.47 Å². The minimum atomic E-state index is 0.00641. The number of hydrogen-bond donors (Lipinski definition) is 1. The predicted octanol–water partition coefficient (Wildman–Crippen LogP) is 1.43. The maximum atomic E-state index is 11.8. The van der Waals surface area contributed by atoms with Gasteiger partial charge in [-0.2, -0.15) is 0 Å². The molecule has 0 radical (unpaired) electrons. The number of carbonyl (C=O) groups is 1. The van der Waals surface area contributed by atoms with Crippen molar-refractivity contribution < 1.29 is 19.4 Å². The highest BCUT2D eigenvalue weighted by molar-refractivity contribution is 5.75. The van der Waals surface area contributed by atoms with E-state index in [9.17, 15) is 4.79 Å². The van der Waals surface area contributed by atoms with Crippen LogP contribution in [0.4, 0.5) is 0 Å². The van der Waals surface area contributed by atoms with Gasteiger partial charge in [-0.15, -0.1) is 0 Å². The smallest absolute Gasteiger partial charge is 0.222 e. The molecule has 0 aliphatic rings. The van der Waals surface area contributed by atoms with Gasteiger partial charge in [-0.1, -0.05) is 0 Å². The maximum absolute atomic E-state index is 11.8. The van der Waals surface area contributed by atoms with Gasteiger partial charge in [0, 0.05) is 38.2 Å². The molecule has 0 aliphatic heterocycles. The number of ether oxygens (including phenoxy) is 2. The van der Waals surface area contributed by atoms with Crippen LogP contribution in [0.2, 0.25) is 0 Å². The van der Waals surface area contributed by atoms with Crippen molar-refractivity contribution >= 4 is 5.91 Å². The van der Waals surface area contributed by atoms with E-state index in [1.165, 1.54) is 0 Å². The number of carbonyl (C=O) groups excluding carboxylic acids is 1. The zero-order chi connectivity index (χ0) is 14.3. The lowest BCUT2D eigenvalue weighted by molar-refractivity contribution is -0.130. The Bertz CT molecular complexity index is 420. The summed E-state index contributed by atoms with van der Waals surface area (Å²) in [4.78, 5) is 13.4. The lowest BCUT2D eigenvalue weighted by Gasteiger charge is -2.19. The minimum Gasteiger partial charge on any atom is -0.497 e. The van der Waals surface area contributed by atoms with Crippen molar-refractivity contribution in [2.24, 2.45) is 0 Å². The zero-order valence-corrected chi connectivity index (χ0v) is 11.7. The molecule has 0 spiro atoms. The fraction of sp³-hybridized carbons (Fsp3) is 0.500. The number of amides is 1. The first-order chi connectivity index (χ1) is 9.12. The third-order valence-corrected chi connectivity index (χ3v) is 2.88. The van der Waals surface area contributed by atoms with Gasteiger partial charge >= 0.3 is 0 Å². The molecule has 0 saturated heterocycles. The average Bonchev–Trinajstić information content (AvgIpc) is 2.44. The number of rotatable bonds is 7. The van der Waals surface area contributed by atoms with Crippen LogP contribution in [0.3, 0.4) is 0 Å². The van der Waals surface area contributed by atoms with Crippen molar-refractivity contribution in [2.45, 2.75) is 19.4 Å². The van der Waals surface area contributed by atoms with Crippen molar-refractivity contribution in [3.63, 3.8) is 0 Å². The molecule has 0 saturated carbocycles. The molecule has 1 amide bonds. The number of methoxy groups -OCH3 is 2. The van der Waals surface area contributed by atoms with E-state index in [0.717, 1.165) is 11.3 Å². The molecule has 0 fully saturated rings. The fourth-order valence-electron chi connectivity index (χ4n) is 1.75. The summed E-state index contributed by atoms with van der Waals surface area (Å²) in [6.07, 6.45) is 0.842. The van der Waals surface area contributed by atoms with Crippen LogP contribution in [0, 0.1) is 0 Å². The lowest BCUT2D eigenvalue weighted by Crippen LogP contribution is -2.26. The van der Waals surface area contributed by atoms with Crippen molar-refractivity contribution in [1.82, 2.24) is 4.90 Å². The SMILES string of the molecule is COc1ccc(CN(C)C(=O)CCCO)c(OC)c1. The number of hydrogen-bond acceptors (Lipinski definition) is 4. The quantitative estimate of drug-likeness (QED) is 0.812. The van der Waals surface area contributed by atoms with Gasteiger partial charge in [-0.05, 0) is 18.6 Å². The molecule has 0 bridgehead atoms. The van der Waals surface area contributed by atoms with E-state index in [1.54, 1.807) is 32.2 Å². The molecule has 0 aromatic heterocycles. The Morgan fingerprint density at radius 2 is 2.05 bits per heavy atom. The zero-order valence-electron chi connectivity index (χ0n) is 11.7. The van der Waals surface area contributed by atoms with Crippen LogP contribution in [-0.4, -0.2) is 43.8 Å². The fourth-order valence-corrected chi connectivity index (χ4v) is 1.75. The molecule has 5 nitrogen and oxygen atoms in total. The molecule has 0 unspecified atom stereocenters. The Labute approximate surface area is 113 Å². The highest BCUT2D eigenvalue weighted by Gasteiger charge is 2.12. The number of benzene rings is 1. The summed E-state index contributed by atoms with van der Waals surface area (Å²) in [5, 5.41) is 8.72. The van der Waals surface area contributed by atoms with Crippen LogP contribution in [0.5, 0.6) is 11.5 Å². The molecule has 0 heterocycles. The van der Waals surface area contributed by atoms with E-state index in [4.69, 9.17) is 14.6 Å². The summed E-state index contributed by atoms with van der Waals surface area (Å²) in [6.45, 7) is 0.503. The molecule has 1 aromatic carbocycles. The van der Waals surface area contributed by atoms with Crippen molar-refractivity contribution in [2.75, 3.05) is 27.9 Å². The van der Waals surface area contributed by atoms with Crippen molar-refractivity contribution in [3.05, 3.63) is 23.8 Å². The number of aliphatic hydroxyl groups is 1. The Balaban J connectivity index is 2.72. The molecule has 0 aliphatic carbocycles. The first-order valence-electron chi connectivity index (χ1n) is 6.18. The summed E-state index contributed by atoms with van der Waals surface area (Å²) in [7, 11) is 4.92. The van der Waals surface area contributed by atoms with Crippen LogP contribution in [0.1, 0.15) is 18.4 Å². The average molecular weight is 267 g/mol. The summed E-state index contributed by atoms with van der Waals surface area (Å²) < 4.78 is 10.4. The minimum absolute atomic E-state index is 0.00641. The summed E-state index contributed by atoms with van der Waals surface area (Å²) in [6, 6.07) is 5.51. The standard InChI is InChI=1S/C14H21NO4/c1-15(14(17)5-4-8-16)10-11-6-7-12(18-2)9-13(11)19-3/h6-7,9,16H,4-5,8,10H2,1-3H3. The van der Waals surface area contributed by atoms with Crippen molar-refractivity contribution in [1.29, 1.82) is 0 Å². The maximum Gasteiger partial charge on any atom is 0.222 e. The second-order valence-electron chi connectivity index (χ2n) is 4.25. The Kier molecular flexibility index (Phi) is 6.15. The van der Waals surface area contributed by atoms with E-state index < -0.39 is 0 Å². The molecule has 0 atom stereocenters. The Morgan fingerprint density at radius 1 is 1.32 bits per heavy atom. The molecular formula is C14H21NO4. The van der Waals surface area contributed by atoms with Gasteiger partial charge in [0.15, 0.2) is 0 Å². The van der Waals surface area contributed by atoms with Gasteiger partial charge in [-0.25, -0.2) is 0 Å². The van der Waals surface area contributed by atoms with E-state index in [-0.39, 0.29) is 12.5 Å². The molecule has 5 heteroatoms. The topological polar surface area (TPSA) is 59.0 Å². The predicted molar refractivity (Wildman–Crippen MR) is 72.3 cm³/mol. The van der Waals surface area contributed by atoms with E-state index in [0.29, 0.717) is 25.1 Å². The van der Waals surface area contributed by atoms with E-state index >= 15 is 0 Å². The molecule has 106 valence electrons. The van der Waals surface area contributed by atoms with Gasteiger partial charge in [0.2, 0.25) is 5.91 Å². The van der Waals surface area contributed by atoms with Gasteiger partial charge < -0.3 is 19.5 Å². The number of nitrogens with zero attached hydrogens (tertiary/aromatic N) is 1. The normalized spacial score (nSPS) is 10.1. The second kappa shape index (κ2) is 7.63. The van der Waals surface area contributed by atoms with E-state index in [1.807, 2.05) is 12.1 Å². The molecular weight excluding hydrogens is 246 g/mol. The second-order valence-corrected chi connectivity index (χ2v) is 4.25. The van der Waals surface area contributed by atoms with E-state index in [2.05, 4.69) is 0 Å². The Hall–Kier alpha value is -1.75. The summed E-state index contributed by atoms with van der Waals surface area (Å²) in [5.41, 5.74) is 0.920. The molecule has 1 rings (SSSR count). The third-order valence-electron chi connectivity index (χ3n) is 2.88. The van der Waals surface area contributed by atoms with Gasteiger partial charge in [0.1, 0.15) is 11.5 Å². The molecule has 1 aromatic rings. The van der Waals surface area contributed by atoms with Crippen LogP contribution in [-0.2, 0) is 11.3 Å². The molecule has 19 heavy (non-hydrogen) atoms. The van der Waals surface area contributed by atoms with Gasteiger partial charge in [0.25, 0.3) is 0 Å². The van der Waals surface area contributed by atoms with Gasteiger partial charge in [0.05, 0.1) is 14.2 Å².